The van der Waals surface area contributed by atoms with Crippen molar-refractivity contribution in [1.29, 1.82) is 0 Å². The molecule has 0 amide bonds. The maximum absolute atomic E-state index is 14.6. The summed E-state index contributed by atoms with van der Waals surface area (Å²) in [4.78, 5) is 11.9. The monoisotopic (exact) mass is 430 g/mol. The number of thioether (sulfide) groups is 1. The summed E-state index contributed by atoms with van der Waals surface area (Å²) in [5.74, 6) is 4.60. The lowest BCUT2D eigenvalue weighted by Crippen LogP contribution is -2.17. The Labute approximate surface area is 179 Å². The van der Waals surface area contributed by atoms with Crippen molar-refractivity contribution in [3.8, 4) is 17.7 Å². The summed E-state index contributed by atoms with van der Waals surface area (Å²) in [7, 11) is 1.61. The third-order valence-corrected chi connectivity index (χ3v) is 5.58. The largest absolute Gasteiger partial charge is 0.463 e. The molecule has 1 heterocycles. The SMILES string of the molecule is CC#CCOc1cnc(/C(F)=C/c2ccc(F)c([C@H](C)C(C)SC(N)=NC)c2)cn1. The first-order chi connectivity index (χ1) is 14.3. The Bertz CT molecular complexity index is 981. The predicted molar refractivity (Wildman–Crippen MR) is 119 cm³/mol. The van der Waals surface area contributed by atoms with Crippen LogP contribution in [0.25, 0.3) is 11.9 Å². The Balaban J connectivity index is 2.20. The van der Waals surface area contributed by atoms with E-state index in [-0.39, 0.29) is 35.2 Å². The van der Waals surface area contributed by atoms with Gasteiger partial charge < -0.3 is 10.5 Å². The van der Waals surface area contributed by atoms with Crippen molar-refractivity contribution in [2.75, 3.05) is 13.7 Å². The van der Waals surface area contributed by atoms with Gasteiger partial charge >= 0.3 is 0 Å². The standard InChI is InChI=1S/C22H24F2N4OS/c1-5-6-9-29-21-13-27-20(12-28-21)19(24)11-16-7-8-18(23)17(10-16)14(2)15(3)30-22(25)26-4/h7-8,10-15H,9H2,1-4H3,(H2,25,26)/b19-11-/t14-,15?/m1/s1. The van der Waals surface area contributed by atoms with E-state index in [4.69, 9.17) is 10.5 Å². The summed E-state index contributed by atoms with van der Waals surface area (Å²) in [5.41, 5.74) is 6.82. The lowest BCUT2D eigenvalue weighted by Gasteiger charge is -2.20. The second-order valence-electron chi connectivity index (χ2n) is 6.40. The number of aromatic nitrogens is 2. The highest BCUT2D eigenvalue weighted by Crippen LogP contribution is 2.31. The molecule has 0 aliphatic heterocycles. The van der Waals surface area contributed by atoms with Gasteiger partial charge in [0, 0.05) is 12.3 Å². The molecule has 158 valence electrons. The van der Waals surface area contributed by atoms with Gasteiger partial charge in [0.15, 0.2) is 17.6 Å². The number of amidine groups is 1. The Hall–Kier alpha value is -2.92. The van der Waals surface area contributed by atoms with E-state index < -0.39 is 5.83 Å². The molecule has 2 atom stereocenters. The molecule has 1 aromatic heterocycles. The van der Waals surface area contributed by atoms with Crippen molar-refractivity contribution in [3.63, 3.8) is 0 Å². The number of rotatable bonds is 7. The summed E-state index contributed by atoms with van der Waals surface area (Å²) >= 11 is 1.37. The van der Waals surface area contributed by atoms with E-state index in [0.29, 0.717) is 16.3 Å². The second-order valence-corrected chi connectivity index (χ2v) is 7.80. The number of nitrogens with two attached hydrogens (primary N) is 1. The first-order valence-corrected chi connectivity index (χ1v) is 10.1. The normalized spacial score (nSPS) is 13.9. The zero-order valence-electron chi connectivity index (χ0n) is 17.3. The van der Waals surface area contributed by atoms with E-state index in [1.54, 1.807) is 20.0 Å². The summed E-state index contributed by atoms with van der Waals surface area (Å²) in [6.45, 7) is 5.73. The quantitative estimate of drug-likeness (QED) is 0.393. The minimum Gasteiger partial charge on any atom is -0.463 e. The first kappa shape index (κ1) is 23.4. The molecular weight excluding hydrogens is 406 g/mol. The third-order valence-electron chi connectivity index (χ3n) is 4.38. The lowest BCUT2D eigenvalue weighted by molar-refractivity contribution is 0.353. The highest BCUT2D eigenvalue weighted by molar-refractivity contribution is 8.14. The molecule has 0 fully saturated rings. The Morgan fingerprint density at radius 2 is 2.10 bits per heavy atom. The van der Waals surface area contributed by atoms with Gasteiger partial charge in [0.1, 0.15) is 11.5 Å². The molecule has 0 saturated carbocycles. The van der Waals surface area contributed by atoms with Crippen LogP contribution in [0.3, 0.4) is 0 Å². The zero-order chi connectivity index (χ0) is 22.1. The third kappa shape index (κ3) is 6.56. The van der Waals surface area contributed by atoms with Gasteiger partial charge in [-0.25, -0.2) is 18.7 Å². The van der Waals surface area contributed by atoms with E-state index in [9.17, 15) is 8.78 Å². The highest BCUT2D eigenvalue weighted by atomic mass is 32.2. The molecule has 0 aliphatic rings. The fourth-order valence-corrected chi connectivity index (χ4v) is 3.35. The molecular formula is C22H24F2N4OS. The van der Waals surface area contributed by atoms with E-state index in [2.05, 4.69) is 26.8 Å². The topological polar surface area (TPSA) is 73.4 Å². The van der Waals surface area contributed by atoms with Crippen LogP contribution in [0.15, 0.2) is 35.6 Å². The van der Waals surface area contributed by atoms with Gasteiger partial charge in [0.2, 0.25) is 5.88 Å². The van der Waals surface area contributed by atoms with Crippen LogP contribution in [-0.4, -0.2) is 34.0 Å². The average molecular weight is 431 g/mol. The highest BCUT2D eigenvalue weighted by Gasteiger charge is 2.20. The summed E-state index contributed by atoms with van der Waals surface area (Å²) in [5, 5.41) is 0.424. The van der Waals surface area contributed by atoms with Crippen LogP contribution < -0.4 is 10.5 Å². The van der Waals surface area contributed by atoms with E-state index >= 15 is 0 Å². The molecule has 1 unspecified atom stereocenters. The molecule has 0 saturated heterocycles. The molecule has 1 aromatic carbocycles. The van der Waals surface area contributed by atoms with Gasteiger partial charge in [0.25, 0.3) is 0 Å². The van der Waals surface area contributed by atoms with Crippen LogP contribution >= 0.6 is 11.8 Å². The maximum atomic E-state index is 14.6. The molecule has 2 N–H and O–H groups in total. The molecule has 0 radical (unpaired) electrons. The predicted octanol–water partition coefficient (Wildman–Crippen LogP) is 4.66. The number of ether oxygens (including phenoxy) is 1. The zero-order valence-corrected chi connectivity index (χ0v) is 18.1. The van der Waals surface area contributed by atoms with Gasteiger partial charge in [-0.2, -0.15) is 0 Å². The fourth-order valence-electron chi connectivity index (χ4n) is 2.52. The van der Waals surface area contributed by atoms with Crippen LogP contribution in [0.4, 0.5) is 8.78 Å². The fraction of sp³-hybridized carbons (Fsp3) is 0.318. The molecule has 2 rings (SSSR count). The number of hydrogen-bond acceptors (Lipinski definition) is 5. The molecule has 30 heavy (non-hydrogen) atoms. The van der Waals surface area contributed by atoms with Crippen LogP contribution in [0, 0.1) is 17.7 Å². The van der Waals surface area contributed by atoms with Crippen molar-refractivity contribution >= 4 is 28.8 Å². The lowest BCUT2D eigenvalue weighted by atomic mass is 9.95. The second kappa shape index (κ2) is 11.3. The first-order valence-electron chi connectivity index (χ1n) is 9.26. The van der Waals surface area contributed by atoms with Gasteiger partial charge in [-0.05, 0) is 42.2 Å². The van der Waals surface area contributed by atoms with Gasteiger partial charge in [-0.3, -0.25) is 4.99 Å². The number of aliphatic imine (C=N–C) groups is 1. The minimum atomic E-state index is -0.586. The molecule has 5 nitrogen and oxygen atoms in total. The van der Waals surface area contributed by atoms with Crippen molar-refractivity contribution in [1.82, 2.24) is 9.97 Å². The van der Waals surface area contributed by atoms with Crippen LogP contribution in [0.1, 0.15) is 43.5 Å². The van der Waals surface area contributed by atoms with Crippen molar-refractivity contribution in [2.45, 2.75) is 31.9 Å². The van der Waals surface area contributed by atoms with E-state index in [1.807, 2.05) is 13.8 Å². The average Bonchev–Trinajstić information content (AvgIpc) is 2.75. The van der Waals surface area contributed by atoms with Gasteiger partial charge in [-0.1, -0.05) is 37.6 Å². The summed E-state index contributed by atoms with van der Waals surface area (Å²) in [6.07, 6.45) is 3.90. The Morgan fingerprint density at radius 1 is 1.33 bits per heavy atom. The number of halogens is 2. The molecule has 0 aliphatic carbocycles. The molecule has 0 spiro atoms. The number of hydrogen-bond donors (Lipinski definition) is 1. The maximum Gasteiger partial charge on any atom is 0.233 e. The minimum absolute atomic E-state index is 0.0110. The Kier molecular flexibility index (Phi) is 8.81. The van der Waals surface area contributed by atoms with Crippen molar-refractivity contribution < 1.29 is 13.5 Å². The number of benzene rings is 1. The summed E-state index contributed by atoms with van der Waals surface area (Å²) < 4.78 is 34.3. The van der Waals surface area contributed by atoms with Crippen molar-refractivity contribution in [3.05, 3.63) is 53.2 Å². The van der Waals surface area contributed by atoms with E-state index in [0.717, 1.165) is 0 Å². The molecule has 0 bridgehead atoms. The van der Waals surface area contributed by atoms with Crippen LogP contribution in [0.2, 0.25) is 0 Å². The van der Waals surface area contributed by atoms with Crippen LogP contribution in [-0.2, 0) is 0 Å². The van der Waals surface area contributed by atoms with E-state index in [1.165, 1.54) is 42.4 Å². The van der Waals surface area contributed by atoms with Gasteiger partial charge in [0.05, 0.1) is 12.4 Å². The number of nitrogens with zero attached hydrogens (tertiary/aromatic N) is 3. The smallest absolute Gasteiger partial charge is 0.233 e. The van der Waals surface area contributed by atoms with Crippen LogP contribution in [0.5, 0.6) is 5.88 Å². The Morgan fingerprint density at radius 3 is 2.73 bits per heavy atom. The van der Waals surface area contributed by atoms with Crippen molar-refractivity contribution in [2.24, 2.45) is 10.7 Å². The molecule has 8 heteroatoms. The molecule has 2 aromatic rings. The van der Waals surface area contributed by atoms with Gasteiger partial charge in [-0.15, -0.1) is 5.92 Å². The summed E-state index contributed by atoms with van der Waals surface area (Å²) in [6, 6.07) is 4.47.